The predicted molar refractivity (Wildman–Crippen MR) is 69.4 cm³/mol. The smallest absolute Gasteiger partial charge is 0.299 e. The van der Waals surface area contributed by atoms with Gasteiger partial charge in [0, 0.05) is 9.75 Å². The molecule has 0 aliphatic heterocycles. The van der Waals surface area contributed by atoms with E-state index in [4.69, 9.17) is 0 Å². The van der Waals surface area contributed by atoms with Gasteiger partial charge in [0.05, 0.1) is 12.6 Å². The molecule has 7 heteroatoms. The van der Waals surface area contributed by atoms with E-state index in [1.807, 2.05) is 10.8 Å². The standard InChI is InChI=1S/C12H11F4NS2/c13-11(14)12(15,16)7-17-10(8-3-1-5-18-8)9-4-2-6-19-9/h1-6,10-11,17H,7H2. The monoisotopic (exact) mass is 309 g/mol. The average Bonchev–Trinajstić information content (AvgIpc) is 3.00. The van der Waals surface area contributed by atoms with Crippen molar-refractivity contribution in [3.63, 3.8) is 0 Å². The Morgan fingerprint density at radius 3 is 1.95 bits per heavy atom. The van der Waals surface area contributed by atoms with Gasteiger partial charge in [0.2, 0.25) is 0 Å². The van der Waals surface area contributed by atoms with Crippen molar-refractivity contribution in [2.24, 2.45) is 0 Å². The minimum Gasteiger partial charge on any atom is -0.299 e. The highest BCUT2D eigenvalue weighted by atomic mass is 32.1. The van der Waals surface area contributed by atoms with Crippen LogP contribution in [0.4, 0.5) is 17.6 Å². The third-order valence-corrected chi connectivity index (χ3v) is 4.39. The Balaban J connectivity index is 2.12. The van der Waals surface area contributed by atoms with E-state index < -0.39 is 24.9 Å². The first-order valence-electron chi connectivity index (χ1n) is 5.47. The van der Waals surface area contributed by atoms with Crippen molar-refractivity contribution in [3.8, 4) is 0 Å². The lowest BCUT2D eigenvalue weighted by atomic mass is 10.2. The van der Waals surface area contributed by atoms with Gasteiger partial charge < -0.3 is 0 Å². The second kappa shape index (κ2) is 6.02. The lowest BCUT2D eigenvalue weighted by Gasteiger charge is -2.21. The summed E-state index contributed by atoms with van der Waals surface area (Å²) in [5.41, 5.74) is 0. The molecule has 0 aliphatic rings. The zero-order chi connectivity index (χ0) is 13.9. The Bertz CT molecular complexity index is 448. The van der Waals surface area contributed by atoms with E-state index in [1.54, 1.807) is 24.3 Å². The Hall–Kier alpha value is -0.920. The fourth-order valence-corrected chi connectivity index (χ4v) is 3.28. The van der Waals surface area contributed by atoms with Crippen LogP contribution in [0.3, 0.4) is 0 Å². The molecule has 0 amide bonds. The van der Waals surface area contributed by atoms with Crippen molar-refractivity contribution >= 4 is 22.7 Å². The van der Waals surface area contributed by atoms with Crippen molar-refractivity contribution in [1.82, 2.24) is 5.32 Å². The molecule has 0 atom stereocenters. The first-order valence-corrected chi connectivity index (χ1v) is 7.23. The van der Waals surface area contributed by atoms with E-state index in [-0.39, 0.29) is 0 Å². The van der Waals surface area contributed by atoms with Crippen LogP contribution in [-0.4, -0.2) is 18.9 Å². The summed E-state index contributed by atoms with van der Waals surface area (Å²) in [6.45, 7) is -1.05. The van der Waals surface area contributed by atoms with Crippen LogP contribution >= 0.6 is 22.7 Å². The van der Waals surface area contributed by atoms with Crippen LogP contribution in [0.15, 0.2) is 35.0 Å². The van der Waals surface area contributed by atoms with Crippen LogP contribution in [0, 0.1) is 0 Å². The lowest BCUT2D eigenvalue weighted by Crippen LogP contribution is -2.40. The molecule has 19 heavy (non-hydrogen) atoms. The van der Waals surface area contributed by atoms with Crippen molar-refractivity contribution < 1.29 is 17.6 Å². The number of alkyl halides is 4. The zero-order valence-electron chi connectivity index (χ0n) is 9.65. The van der Waals surface area contributed by atoms with Crippen molar-refractivity contribution in [2.75, 3.05) is 6.54 Å². The molecule has 0 aliphatic carbocycles. The molecule has 2 aromatic heterocycles. The lowest BCUT2D eigenvalue weighted by molar-refractivity contribution is -0.125. The maximum absolute atomic E-state index is 13.0. The van der Waals surface area contributed by atoms with Gasteiger partial charge in [-0.25, -0.2) is 8.78 Å². The van der Waals surface area contributed by atoms with Gasteiger partial charge in [-0.05, 0) is 22.9 Å². The van der Waals surface area contributed by atoms with Crippen molar-refractivity contribution in [2.45, 2.75) is 18.4 Å². The van der Waals surface area contributed by atoms with Crippen LogP contribution in [0.25, 0.3) is 0 Å². The van der Waals surface area contributed by atoms with Crippen LogP contribution in [0.1, 0.15) is 15.8 Å². The first-order chi connectivity index (χ1) is 9.00. The maximum atomic E-state index is 13.0. The van der Waals surface area contributed by atoms with E-state index in [0.717, 1.165) is 9.75 Å². The number of rotatable bonds is 6. The summed E-state index contributed by atoms with van der Waals surface area (Å²) in [7, 11) is 0. The highest BCUT2D eigenvalue weighted by Gasteiger charge is 2.41. The molecule has 0 unspecified atom stereocenters. The molecule has 2 heterocycles. The maximum Gasteiger partial charge on any atom is 0.319 e. The summed E-state index contributed by atoms with van der Waals surface area (Å²) in [5.74, 6) is -4.02. The number of halogens is 4. The second-order valence-corrected chi connectivity index (χ2v) is 5.87. The van der Waals surface area contributed by atoms with Crippen LogP contribution < -0.4 is 5.32 Å². The molecule has 0 saturated heterocycles. The van der Waals surface area contributed by atoms with Gasteiger partial charge in [0.25, 0.3) is 0 Å². The molecule has 104 valence electrons. The fourth-order valence-electron chi connectivity index (χ4n) is 1.57. The van der Waals surface area contributed by atoms with Gasteiger partial charge in [0.15, 0.2) is 0 Å². The fraction of sp³-hybridized carbons (Fsp3) is 0.333. The largest absolute Gasteiger partial charge is 0.319 e. The molecule has 2 rings (SSSR count). The predicted octanol–water partition coefficient (Wildman–Crippen LogP) is 4.39. The third-order valence-electron chi connectivity index (χ3n) is 2.52. The first kappa shape index (κ1) is 14.5. The normalized spacial score (nSPS) is 12.5. The molecule has 0 bridgehead atoms. The molecule has 1 N–H and O–H groups in total. The molecule has 0 aromatic carbocycles. The van der Waals surface area contributed by atoms with Crippen LogP contribution in [0.5, 0.6) is 0 Å². The van der Waals surface area contributed by atoms with Gasteiger partial charge in [-0.1, -0.05) is 12.1 Å². The van der Waals surface area contributed by atoms with Crippen LogP contribution in [-0.2, 0) is 0 Å². The van der Waals surface area contributed by atoms with Gasteiger partial charge in [-0.3, -0.25) is 5.32 Å². The van der Waals surface area contributed by atoms with E-state index >= 15 is 0 Å². The SMILES string of the molecule is FC(F)C(F)(F)CNC(c1cccs1)c1cccs1. The Morgan fingerprint density at radius 2 is 1.58 bits per heavy atom. The molecule has 2 aromatic rings. The number of hydrogen-bond acceptors (Lipinski definition) is 3. The molecule has 0 spiro atoms. The summed E-state index contributed by atoms with van der Waals surface area (Å²) < 4.78 is 50.3. The molecule has 1 nitrogen and oxygen atoms in total. The minimum atomic E-state index is -4.02. The molecule has 0 saturated carbocycles. The van der Waals surface area contributed by atoms with Crippen LogP contribution in [0.2, 0.25) is 0 Å². The minimum absolute atomic E-state index is 0.468. The van der Waals surface area contributed by atoms with E-state index in [1.165, 1.54) is 22.7 Å². The average molecular weight is 309 g/mol. The van der Waals surface area contributed by atoms with E-state index in [9.17, 15) is 17.6 Å². The highest BCUT2D eigenvalue weighted by molar-refractivity contribution is 7.11. The van der Waals surface area contributed by atoms with Gasteiger partial charge in [0.1, 0.15) is 0 Å². The summed E-state index contributed by atoms with van der Waals surface area (Å²) in [5, 5.41) is 6.18. The molecular weight excluding hydrogens is 298 g/mol. The van der Waals surface area contributed by atoms with Crippen molar-refractivity contribution in [1.29, 1.82) is 0 Å². The zero-order valence-corrected chi connectivity index (χ0v) is 11.3. The van der Waals surface area contributed by atoms with E-state index in [0.29, 0.717) is 0 Å². The van der Waals surface area contributed by atoms with E-state index in [2.05, 4.69) is 5.32 Å². The molecular formula is C12H11F4NS2. The summed E-state index contributed by atoms with van der Waals surface area (Å²) >= 11 is 2.80. The number of thiophene rings is 2. The quantitative estimate of drug-likeness (QED) is 0.780. The Kier molecular flexibility index (Phi) is 4.59. The summed E-state index contributed by atoms with van der Waals surface area (Å²) in [4.78, 5) is 1.65. The van der Waals surface area contributed by atoms with Gasteiger partial charge in [-0.2, -0.15) is 8.78 Å². The molecule has 0 radical (unpaired) electrons. The molecule has 0 fully saturated rings. The number of nitrogens with one attached hydrogen (secondary N) is 1. The second-order valence-electron chi connectivity index (χ2n) is 3.91. The number of hydrogen-bond donors (Lipinski definition) is 1. The summed E-state index contributed by atoms with van der Waals surface area (Å²) in [6.07, 6.45) is -3.66. The Labute approximate surface area is 115 Å². The van der Waals surface area contributed by atoms with Gasteiger partial charge >= 0.3 is 12.3 Å². The Morgan fingerprint density at radius 1 is 1.05 bits per heavy atom. The topological polar surface area (TPSA) is 12.0 Å². The van der Waals surface area contributed by atoms with Crippen molar-refractivity contribution in [3.05, 3.63) is 44.8 Å². The third kappa shape index (κ3) is 3.55. The highest BCUT2D eigenvalue weighted by Crippen LogP contribution is 2.30. The van der Waals surface area contributed by atoms with Gasteiger partial charge in [-0.15, -0.1) is 22.7 Å². The summed E-state index contributed by atoms with van der Waals surface area (Å²) in [6, 6.07) is 6.72.